The number of ether oxygens (including phenoxy) is 1. The zero-order chi connectivity index (χ0) is 24.3. The summed E-state index contributed by atoms with van der Waals surface area (Å²) >= 11 is 5.98. The van der Waals surface area contributed by atoms with Gasteiger partial charge in [0.25, 0.3) is 5.91 Å². The largest absolute Gasteiger partial charge is 0.418 e. The third kappa shape index (κ3) is 5.47. The van der Waals surface area contributed by atoms with Gasteiger partial charge in [0.05, 0.1) is 11.7 Å². The minimum Gasteiger partial charge on any atom is -0.378 e. The zero-order valence-electron chi connectivity index (χ0n) is 18.8. The average molecular weight is 491 g/mol. The van der Waals surface area contributed by atoms with Crippen molar-refractivity contribution in [2.45, 2.75) is 38.1 Å². The molecule has 1 aliphatic heterocycles. The van der Waals surface area contributed by atoms with Crippen molar-refractivity contribution in [3.63, 3.8) is 0 Å². The highest BCUT2D eigenvalue weighted by Crippen LogP contribution is 2.41. The summed E-state index contributed by atoms with van der Waals surface area (Å²) in [6, 6.07) is 15.2. The Morgan fingerprint density at radius 2 is 1.85 bits per heavy atom. The lowest BCUT2D eigenvalue weighted by atomic mass is 10.0. The summed E-state index contributed by atoms with van der Waals surface area (Å²) in [5, 5.41) is 0.405. The summed E-state index contributed by atoms with van der Waals surface area (Å²) in [6.45, 7) is 1.23. The fraction of sp³-hybridized carbons (Fsp3) is 0.346. The average Bonchev–Trinajstić information content (AvgIpc) is 3.46. The summed E-state index contributed by atoms with van der Waals surface area (Å²) in [6.07, 6.45) is -0.962. The summed E-state index contributed by atoms with van der Waals surface area (Å²) in [7, 11) is 1.62. The van der Waals surface area contributed by atoms with Gasteiger partial charge in [-0.2, -0.15) is 13.2 Å². The van der Waals surface area contributed by atoms with Gasteiger partial charge >= 0.3 is 6.18 Å². The number of aromatic nitrogens is 1. The van der Waals surface area contributed by atoms with E-state index in [1.165, 1.54) is 33.7 Å². The van der Waals surface area contributed by atoms with Crippen LogP contribution in [0.4, 0.5) is 13.2 Å². The van der Waals surface area contributed by atoms with Crippen molar-refractivity contribution in [2.24, 2.45) is 0 Å². The number of alkyl halides is 3. The fourth-order valence-electron chi connectivity index (χ4n) is 4.31. The first-order valence-corrected chi connectivity index (χ1v) is 11.6. The molecule has 3 aromatic rings. The van der Waals surface area contributed by atoms with Gasteiger partial charge in [0.2, 0.25) is 0 Å². The summed E-state index contributed by atoms with van der Waals surface area (Å²) < 4.78 is 49.6. The van der Waals surface area contributed by atoms with E-state index >= 15 is 0 Å². The normalized spacial score (nSPS) is 16.1. The maximum Gasteiger partial charge on any atom is 0.418 e. The topological polar surface area (TPSA) is 34.5 Å². The van der Waals surface area contributed by atoms with Crippen molar-refractivity contribution < 1.29 is 22.7 Å². The van der Waals surface area contributed by atoms with Crippen LogP contribution in [-0.2, 0) is 17.5 Å². The Labute approximate surface area is 201 Å². The van der Waals surface area contributed by atoms with Gasteiger partial charge in [0.1, 0.15) is 5.69 Å². The molecule has 1 saturated heterocycles. The summed E-state index contributed by atoms with van der Waals surface area (Å²) in [4.78, 5) is 15.1. The number of hydrogen-bond acceptors (Lipinski definition) is 2. The Bertz CT molecular complexity index is 1120. The van der Waals surface area contributed by atoms with Crippen LogP contribution in [-0.4, -0.2) is 41.7 Å². The molecule has 4 rings (SSSR count). The zero-order valence-corrected chi connectivity index (χ0v) is 19.6. The number of carbonyl (C=O) groups is 1. The standard InChI is InChI=1S/C26H26ClF3N2O2/c1-31(14-13-21-8-5-15-34-21)25(33)24-23(19-9-11-20(27)12-10-19)22(26(28,29)30)17-32(24)16-18-6-3-2-4-7-18/h2-4,6-7,9-12,17,21H,5,8,13-16H2,1H3. The molecule has 1 atom stereocenters. The Kier molecular flexibility index (Phi) is 7.33. The molecule has 180 valence electrons. The molecule has 8 heteroatoms. The smallest absolute Gasteiger partial charge is 0.378 e. The van der Waals surface area contributed by atoms with Gasteiger partial charge < -0.3 is 14.2 Å². The Morgan fingerprint density at radius 3 is 2.47 bits per heavy atom. The van der Waals surface area contributed by atoms with Crippen LogP contribution in [0.25, 0.3) is 11.1 Å². The van der Waals surface area contributed by atoms with E-state index in [9.17, 15) is 18.0 Å². The van der Waals surface area contributed by atoms with Gasteiger partial charge in [-0.15, -0.1) is 0 Å². The number of halogens is 4. The molecule has 1 aromatic heterocycles. The van der Waals surface area contributed by atoms with Crippen LogP contribution in [0.5, 0.6) is 0 Å². The second kappa shape index (κ2) is 10.2. The van der Waals surface area contributed by atoms with E-state index in [0.29, 0.717) is 30.2 Å². The number of nitrogens with zero attached hydrogens (tertiary/aromatic N) is 2. The first-order valence-electron chi connectivity index (χ1n) is 11.2. The number of rotatable bonds is 7. The van der Waals surface area contributed by atoms with Crippen molar-refractivity contribution in [3.8, 4) is 11.1 Å². The molecular formula is C26H26ClF3N2O2. The first kappa shape index (κ1) is 24.4. The fourth-order valence-corrected chi connectivity index (χ4v) is 4.43. The Hall–Kier alpha value is -2.77. The van der Waals surface area contributed by atoms with E-state index in [2.05, 4.69) is 0 Å². The third-order valence-corrected chi connectivity index (χ3v) is 6.32. The van der Waals surface area contributed by atoms with E-state index in [4.69, 9.17) is 16.3 Å². The molecule has 1 amide bonds. The molecule has 1 fully saturated rings. The molecule has 0 bridgehead atoms. The monoisotopic (exact) mass is 490 g/mol. The molecule has 1 unspecified atom stereocenters. The van der Waals surface area contributed by atoms with Gasteiger partial charge in [0, 0.05) is 43.5 Å². The van der Waals surface area contributed by atoms with Crippen molar-refractivity contribution in [3.05, 3.63) is 82.6 Å². The summed E-state index contributed by atoms with van der Waals surface area (Å²) in [5.74, 6) is -0.464. The third-order valence-electron chi connectivity index (χ3n) is 6.07. The molecule has 2 aromatic carbocycles. The van der Waals surface area contributed by atoms with Crippen LogP contribution in [0.3, 0.4) is 0 Å². The molecule has 0 spiro atoms. The minimum absolute atomic E-state index is 0.00772. The van der Waals surface area contributed by atoms with E-state index in [1.54, 1.807) is 7.05 Å². The van der Waals surface area contributed by atoms with E-state index in [-0.39, 0.29) is 23.9 Å². The highest BCUT2D eigenvalue weighted by atomic mass is 35.5. The second-order valence-electron chi connectivity index (χ2n) is 8.53. The van der Waals surface area contributed by atoms with Gasteiger partial charge in [-0.25, -0.2) is 0 Å². The van der Waals surface area contributed by atoms with Crippen molar-refractivity contribution in [2.75, 3.05) is 20.2 Å². The van der Waals surface area contributed by atoms with Crippen LogP contribution >= 0.6 is 11.6 Å². The van der Waals surface area contributed by atoms with Gasteiger partial charge in [-0.3, -0.25) is 4.79 Å². The quantitative estimate of drug-likeness (QED) is 0.378. The number of carbonyl (C=O) groups excluding carboxylic acids is 1. The van der Waals surface area contributed by atoms with Crippen molar-refractivity contribution in [1.29, 1.82) is 0 Å². The van der Waals surface area contributed by atoms with Gasteiger partial charge in [-0.05, 0) is 42.5 Å². The van der Waals surface area contributed by atoms with Crippen LogP contribution in [0.2, 0.25) is 5.02 Å². The molecule has 1 aliphatic rings. The number of amides is 1. The highest BCUT2D eigenvalue weighted by molar-refractivity contribution is 6.30. The van der Waals surface area contributed by atoms with Crippen LogP contribution in [0, 0.1) is 0 Å². The van der Waals surface area contributed by atoms with Gasteiger partial charge in [0.15, 0.2) is 0 Å². The molecule has 4 nitrogen and oxygen atoms in total. The maximum absolute atomic E-state index is 14.2. The second-order valence-corrected chi connectivity index (χ2v) is 8.97. The van der Waals surface area contributed by atoms with Gasteiger partial charge in [-0.1, -0.05) is 54.1 Å². The lowest BCUT2D eigenvalue weighted by Crippen LogP contribution is -2.32. The first-order chi connectivity index (χ1) is 16.2. The number of hydrogen-bond donors (Lipinski definition) is 0. The molecule has 0 N–H and O–H groups in total. The minimum atomic E-state index is -4.64. The van der Waals surface area contributed by atoms with Crippen molar-refractivity contribution in [1.82, 2.24) is 9.47 Å². The number of benzene rings is 2. The molecule has 34 heavy (non-hydrogen) atoms. The molecule has 0 radical (unpaired) electrons. The van der Waals surface area contributed by atoms with Crippen molar-refractivity contribution >= 4 is 17.5 Å². The lowest BCUT2D eigenvalue weighted by Gasteiger charge is -2.21. The maximum atomic E-state index is 14.2. The lowest BCUT2D eigenvalue weighted by molar-refractivity contribution is -0.137. The molecule has 0 saturated carbocycles. The SMILES string of the molecule is CN(CCC1CCCO1)C(=O)c1c(-c2ccc(Cl)cc2)c(C(F)(F)F)cn1Cc1ccccc1. The Morgan fingerprint density at radius 1 is 1.15 bits per heavy atom. The molecule has 0 aliphatic carbocycles. The van der Waals surface area contributed by atoms with E-state index < -0.39 is 17.6 Å². The van der Waals surface area contributed by atoms with E-state index in [1.807, 2.05) is 30.3 Å². The Balaban J connectivity index is 1.78. The predicted octanol–water partition coefficient (Wildman–Crippen LogP) is 6.52. The summed E-state index contributed by atoms with van der Waals surface area (Å²) in [5.41, 5.74) is 0.119. The van der Waals surface area contributed by atoms with Crippen LogP contribution < -0.4 is 0 Å². The van der Waals surface area contributed by atoms with E-state index in [0.717, 1.165) is 24.6 Å². The predicted molar refractivity (Wildman–Crippen MR) is 126 cm³/mol. The highest BCUT2D eigenvalue weighted by Gasteiger charge is 2.39. The molecular weight excluding hydrogens is 465 g/mol. The van der Waals surface area contributed by atoms with Crippen LogP contribution in [0.1, 0.15) is 40.9 Å². The molecule has 2 heterocycles. The van der Waals surface area contributed by atoms with Crippen LogP contribution in [0.15, 0.2) is 60.8 Å².